The molecule has 0 bridgehead atoms. The van der Waals surface area contributed by atoms with Crippen LogP contribution in [-0.4, -0.2) is 12.5 Å². The van der Waals surface area contributed by atoms with Crippen LogP contribution < -0.4 is 11.1 Å². The minimum absolute atomic E-state index is 0.180. The Kier molecular flexibility index (Phi) is 3.57. The van der Waals surface area contributed by atoms with Gasteiger partial charge >= 0.3 is 0 Å². The molecule has 1 amide bonds. The number of carbonyl (C=O) groups is 1. The number of carbonyl (C=O) groups excluding carboxylic acids is 1. The van der Waals surface area contributed by atoms with Crippen molar-refractivity contribution in [3.8, 4) is 0 Å². The van der Waals surface area contributed by atoms with Gasteiger partial charge in [0.2, 0.25) is 0 Å². The standard InChI is InChI=1S/C13H17ClN2O/c1-8(9-5-6-9)7-16-13(17)12-10(14)3-2-4-11(12)15/h2-4,8-9H,5-7,15H2,1H3,(H,16,17). The van der Waals surface area contributed by atoms with Crippen LogP contribution in [0.3, 0.4) is 0 Å². The number of rotatable bonds is 4. The molecule has 17 heavy (non-hydrogen) atoms. The van der Waals surface area contributed by atoms with Gasteiger partial charge in [-0.2, -0.15) is 0 Å². The van der Waals surface area contributed by atoms with Crippen LogP contribution in [0.25, 0.3) is 0 Å². The Labute approximate surface area is 106 Å². The van der Waals surface area contributed by atoms with Gasteiger partial charge in [-0.1, -0.05) is 24.6 Å². The van der Waals surface area contributed by atoms with Gasteiger partial charge in [-0.05, 0) is 36.8 Å². The van der Waals surface area contributed by atoms with Crippen LogP contribution in [0.15, 0.2) is 18.2 Å². The highest BCUT2D eigenvalue weighted by Gasteiger charge is 2.28. The third kappa shape index (κ3) is 2.91. The summed E-state index contributed by atoms with van der Waals surface area (Å²) in [4.78, 5) is 12.0. The Morgan fingerprint density at radius 2 is 2.29 bits per heavy atom. The fourth-order valence-corrected chi connectivity index (χ4v) is 2.22. The summed E-state index contributed by atoms with van der Waals surface area (Å²) in [5.41, 5.74) is 6.57. The zero-order chi connectivity index (χ0) is 12.4. The molecule has 4 heteroatoms. The summed E-state index contributed by atoms with van der Waals surface area (Å²) >= 11 is 5.97. The Bertz CT molecular complexity index is 409. The SMILES string of the molecule is CC(CNC(=O)c1c(N)cccc1Cl)C1CC1. The van der Waals surface area contributed by atoms with Crippen molar-refractivity contribution in [2.24, 2.45) is 11.8 Å². The van der Waals surface area contributed by atoms with E-state index in [1.807, 2.05) is 0 Å². The molecular formula is C13H17ClN2O. The second kappa shape index (κ2) is 4.96. The fourth-order valence-electron chi connectivity index (χ4n) is 1.95. The summed E-state index contributed by atoms with van der Waals surface area (Å²) in [5.74, 6) is 1.13. The first-order valence-electron chi connectivity index (χ1n) is 5.91. The molecule has 92 valence electrons. The van der Waals surface area contributed by atoms with Crippen molar-refractivity contribution in [3.63, 3.8) is 0 Å². The second-order valence-corrected chi connectivity index (χ2v) is 5.14. The maximum Gasteiger partial charge on any atom is 0.254 e. The van der Waals surface area contributed by atoms with E-state index in [1.165, 1.54) is 12.8 Å². The van der Waals surface area contributed by atoms with Crippen LogP contribution in [0, 0.1) is 11.8 Å². The molecule has 3 nitrogen and oxygen atoms in total. The minimum atomic E-state index is -0.180. The van der Waals surface area contributed by atoms with Gasteiger partial charge in [0, 0.05) is 12.2 Å². The van der Waals surface area contributed by atoms with Crippen molar-refractivity contribution in [3.05, 3.63) is 28.8 Å². The molecule has 1 saturated carbocycles. The van der Waals surface area contributed by atoms with Gasteiger partial charge in [-0.15, -0.1) is 0 Å². The number of amides is 1. The third-order valence-electron chi connectivity index (χ3n) is 3.28. The lowest BCUT2D eigenvalue weighted by Crippen LogP contribution is -2.29. The topological polar surface area (TPSA) is 55.1 Å². The number of nitrogens with two attached hydrogens (primary N) is 1. The van der Waals surface area contributed by atoms with Gasteiger partial charge in [0.05, 0.1) is 10.6 Å². The number of nitrogens with one attached hydrogen (secondary N) is 1. The predicted molar refractivity (Wildman–Crippen MR) is 70.1 cm³/mol. The van der Waals surface area contributed by atoms with Crippen LogP contribution in [0.5, 0.6) is 0 Å². The summed E-state index contributed by atoms with van der Waals surface area (Å²) in [5, 5.41) is 3.30. The predicted octanol–water partition coefficient (Wildman–Crippen LogP) is 2.70. The Morgan fingerprint density at radius 3 is 2.88 bits per heavy atom. The van der Waals surface area contributed by atoms with Crippen LogP contribution in [0.2, 0.25) is 5.02 Å². The summed E-state index contributed by atoms with van der Waals surface area (Å²) in [6, 6.07) is 5.10. The molecule has 0 heterocycles. The van der Waals surface area contributed by atoms with E-state index >= 15 is 0 Å². The van der Waals surface area contributed by atoms with Crippen LogP contribution >= 0.6 is 11.6 Å². The maximum absolute atomic E-state index is 12.0. The molecule has 1 unspecified atom stereocenters. The molecule has 0 spiro atoms. The highest BCUT2D eigenvalue weighted by atomic mass is 35.5. The van der Waals surface area contributed by atoms with Crippen molar-refractivity contribution >= 4 is 23.2 Å². The van der Waals surface area contributed by atoms with Gasteiger partial charge in [0.1, 0.15) is 0 Å². The lowest BCUT2D eigenvalue weighted by Gasteiger charge is -2.13. The molecule has 0 saturated heterocycles. The lowest BCUT2D eigenvalue weighted by molar-refractivity contribution is 0.0947. The average molecular weight is 253 g/mol. The highest BCUT2D eigenvalue weighted by Crippen LogP contribution is 2.36. The van der Waals surface area contributed by atoms with E-state index < -0.39 is 0 Å². The maximum atomic E-state index is 12.0. The van der Waals surface area contributed by atoms with Gasteiger partial charge in [-0.3, -0.25) is 4.79 Å². The smallest absolute Gasteiger partial charge is 0.254 e. The van der Waals surface area contributed by atoms with Gasteiger partial charge in [0.25, 0.3) is 5.91 Å². The van der Waals surface area contributed by atoms with E-state index in [2.05, 4.69) is 12.2 Å². The van der Waals surface area contributed by atoms with E-state index in [-0.39, 0.29) is 5.91 Å². The molecule has 0 aromatic heterocycles. The molecule has 1 aliphatic rings. The first-order valence-corrected chi connectivity index (χ1v) is 6.29. The summed E-state index contributed by atoms with van der Waals surface area (Å²) in [7, 11) is 0. The van der Waals surface area contributed by atoms with Crippen molar-refractivity contribution in [2.45, 2.75) is 19.8 Å². The molecule has 2 rings (SSSR count). The molecular weight excluding hydrogens is 236 g/mol. The van der Waals surface area contributed by atoms with Crippen molar-refractivity contribution < 1.29 is 4.79 Å². The second-order valence-electron chi connectivity index (χ2n) is 4.73. The van der Waals surface area contributed by atoms with Gasteiger partial charge in [-0.25, -0.2) is 0 Å². The fraction of sp³-hybridized carbons (Fsp3) is 0.462. The number of halogens is 1. The first kappa shape index (κ1) is 12.2. The van der Waals surface area contributed by atoms with E-state index in [1.54, 1.807) is 18.2 Å². The van der Waals surface area contributed by atoms with Crippen LogP contribution in [-0.2, 0) is 0 Å². The minimum Gasteiger partial charge on any atom is -0.398 e. The normalized spacial score (nSPS) is 16.6. The summed E-state index contributed by atoms with van der Waals surface area (Å²) in [6.07, 6.45) is 2.57. The van der Waals surface area contributed by atoms with Crippen molar-refractivity contribution in [2.75, 3.05) is 12.3 Å². The third-order valence-corrected chi connectivity index (χ3v) is 3.60. The zero-order valence-corrected chi connectivity index (χ0v) is 10.6. The van der Waals surface area contributed by atoms with E-state index in [0.29, 0.717) is 28.7 Å². The molecule has 1 fully saturated rings. The number of benzene rings is 1. The number of hydrogen-bond acceptors (Lipinski definition) is 2. The Morgan fingerprint density at radius 1 is 1.59 bits per heavy atom. The molecule has 3 N–H and O–H groups in total. The number of anilines is 1. The average Bonchev–Trinajstić information content (AvgIpc) is 3.09. The van der Waals surface area contributed by atoms with Crippen LogP contribution in [0.1, 0.15) is 30.1 Å². The molecule has 1 aliphatic carbocycles. The van der Waals surface area contributed by atoms with Gasteiger partial charge < -0.3 is 11.1 Å². The first-order chi connectivity index (χ1) is 8.09. The number of hydrogen-bond donors (Lipinski definition) is 2. The lowest BCUT2D eigenvalue weighted by atomic mass is 10.1. The Hall–Kier alpha value is -1.22. The molecule has 1 atom stereocenters. The summed E-state index contributed by atoms with van der Waals surface area (Å²) in [6.45, 7) is 2.85. The largest absolute Gasteiger partial charge is 0.398 e. The number of nitrogen functional groups attached to an aromatic ring is 1. The van der Waals surface area contributed by atoms with E-state index in [4.69, 9.17) is 17.3 Å². The Balaban J connectivity index is 1.99. The monoisotopic (exact) mass is 252 g/mol. The molecule has 0 aliphatic heterocycles. The molecule has 0 radical (unpaired) electrons. The zero-order valence-electron chi connectivity index (χ0n) is 9.87. The van der Waals surface area contributed by atoms with E-state index in [9.17, 15) is 4.79 Å². The molecule has 1 aromatic carbocycles. The van der Waals surface area contributed by atoms with Crippen molar-refractivity contribution in [1.82, 2.24) is 5.32 Å². The highest BCUT2D eigenvalue weighted by molar-refractivity contribution is 6.34. The summed E-state index contributed by atoms with van der Waals surface area (Å²) < 4.78 is 0. The van der Waals surface area contributed by atoms with Crippen molar-refractivity contribution in [1.29, 1.82) is 0 Å². The molecule has 1 aromatic rings. The van der Waals surface area contributed by atoms with Crippen LogP contribution in [0.4, 0.5) is 5.69 Å². The van der Waals surface area contributed by atoms with Gasteiger partial charge in [0.15, 0.2) is 0 Å². The quantitative estimate of drug-likeness (QED) is 0.810. The van der Waals surface area contributed by atoms with E-state index in [0.717, 1.165) is 5.92 Å².